The number of nitrogens with one attached hydrogen (secondary N) is 1. The number of rotatable bonds is 5. The van der Waals surface area contributed by atoms with Gasteiger partial charge in [-0.3, -0.25) is 9.59 Å². The van der Waals surface area contributed by atoms with Crippen molar-refractivity contribution in [3.63, 3.8) is 0 Å². The van der Waals surface area contributed by atoms with Crippen LogP contribution < -0.4 is 15.5 Å². The van der Waals surface area contributed by atoms with Crippen molar-refractivity contribution in [2.75, 3.05) is 5.32 Å². The Morgan fingerprint density at radius 1 is 1.08 bits per heavy atom. The van der Waals surface area contributed by atoms with E-state index in [2.05, 4.69) is 21.2 Å². The molecular weight excluding hydrogens is 386 g/mol. The Balaban J connectivity index is 1.67. The van der Waals surface area contributed by atoms with E-state index in [0.29, 0.717) is 5.69 Å². The molecule has 0 fully saturated rings. The van der Waals surface area contributed by atoms with Gasteiger partial charge in [0.2, 0.25) is 11.2 Å². The molecule has 3 aromatic rings. The fourth-order valence-electron chi connectivity index (χ4n) is 2.08. The highest BCUT2D eigenvalue weighted by molar-refractivity contribution is 9.10. The highest BCUT2D eigenvalue weighted by atomic mass is 79.9. The van der Waals surface area contributed by atoms with E-state index in [4.69, 9.17) is 9.15 Å². The number of hydrogen-bond donors (Lipinski definition) is 1. The number of hydrogen-bond acceptors (Lipinski definition) is 4. The summed E-state index contributed by atoms with van der Waals surface area (Å²) in [5.74, 6) is -0.530. The van der Waals surface area contributed by atoms with Crippen molar-refractivity contribution < 1.29 is 13.9 Å². The summed E-state index contributed by atoms with van der Waals surface area (Å²) in [6, 6.07) is 17.6. The molecule has 25 heavy (non-hydrogen) atoms. The molecule has 126 valence electrons. The molecule has 0 aliphatic rings. The van der Waals surface area contributed by atoms with Gasteiger partial charge in [-0.05, 0) is 29.8 Å². The third-order valence-corrected chi connectivity index (χ3v) is 3.89. The van der Waals surface area contributed by atoms with Crippen molar-refractivity contribution in [1.82, 2.24) is 0 Å². The second kappa shape index (κ2) is 7.81. The van der Waals surface area contributed by atoms with Crippen LogP contribution in [0.3, 0.4) is 0 Å². The summed E-state index contributed by atoms with van der Waals surface area (Å²) in [6.07, 6.45) is 1.15. The molecule has 1 aromatic heterocycles. The summed E-state index contributed by atoms with van der Waals surface area (Å²) in [6.45, 7) is 0.246. The van der Waals surface area contributed by atoms with Crippen molar-refractivity contribution in [3.05, 3.63) is 92.9 Å². The molecule has 0 saturated carbocycles. The minimum Gasteiger partial charge on any atom is -0.482 e. The van der Waals surface area contributed by atoms with Crippen molar-refractivity contribution in [3.8, 4) is 5.75 Å². The van der Waals surface area contributed by atoms with Crippen LogP contribution in [0, 0.1) is 0 Å². The first-order valence-electron chi connectivity index (χ1n) is 7.48. The number of carbonyl (C=O) groups excluding carboxylic acids is 1. The monoisotopic (exact) mass is 399 g/mol. The Labute approximate surface area is 152 Å². The van der Waals surface area contributed by atoms with E-state index in [1.54, 1.807) is 24.3 Å². The summed E-state index contributed by atoms with van der Waals surface area (Å²) in [4.78, 5) is 24.2. The lowest BCUT2D eigenvalue weighted by molar-refractivity contribution is 0.0993. The van der Waals surface area contributed by atoms with E-state index in [9.17, 15) is 9.59 Å². The molecule has 0 radical (unpaired) electrons. The normalized spacial score (nSPS) is 10.3. The maximum atomic E-state index is 12.1. The summed E-state index contributed by atoms with van der Waals surface area (Å²) in [7, 11) is 0. The smallest absolute Gasteiger partial charge is 0.291 e. The Morgan fingerprint density at radius 2 is 1.80 bits per heavy atom. The molecule has 0 aliphatic heterocycles. The molecule has 5 nitrogen and oxygen atoms in total. The van der Waals surface area contributed by atoms with E-state index < -0.39 is 11.3 Å². The summed E-state index contributed by atoms with van der Waals surface area (Å²) in [5, 5.41) is 2.66. The number of benzene rings is 2. The van der Waals surface area contributed by atoms with Crippen molar-refractivity contribution in [2.24, 2.45) is 0 Å². The van der Waals surface area contributed by atoms with Crippen LogP contribution in [-0.4, -0.2) is 5.91 Å². The van der Waals surface area contributed by atoms with Gasteiger partial charge in [0.25, 0.3) is 5.91 Å². The van der Waals surface area contributed by atoms with Gasteiger partial charge in [-0.2, -0.15) is 0 Å². The molecule has 1 amide bonds. The van der Waals surface area contributed by atoms with Gasteiger partial charge in [-0.25, -0.2) is 0 Å². The summed E-state index contributed by atoms with van der Waals surface area (Å²) < 4.78 is 11.6. The van der Waals surface area contributed by atoms with E-state index in [1.807, 2.05) is 30.3 Å². The molecule has 6 heteroatoms. The van der Waals surface area contributed by atoms with Crippen LogP contribution in [0.5, 0.6) is 5.75 Å². The molecule has 0 aliphatic carbocycles. The Hall–Kier alpha value is -2.86. The maximum Gasteiger partial charge on any atom is 0.291 e. The minimum atomic E-state index is -0.506. The molecule has 0 saturated heterocycles. The second-order valence-corrected chi connectivity index (χ2v) is 6.12. The molecule has 2 aromatic carbocycles. The number of carbonyl (C=O) groups is 1. The average Bonchev–Trinajstić information content (AvgIpc) is 2.63. The molecule has 3 rings (SSSR count). The van der Waals surface area contributed by atoms with Crippen LogP contribution >= 0.6 is 15.9 Å². The van der Waals surface area contributed by atoms with Gasteiger partial charge in [-0.15, -0.1) is 0 Å². The van der Waals surface area contributed by atoms with Crippen molar-refractivity contribution >= 4 is 27.5 Å². The Kier molecular flexibility index (Phi) is 5.30. The molecule has 0 unspecified atom stereocenters. The molecular formula is C19H14BrNO4. The average molecular weight is 400 g/mol. The van der Waals surface area contributed by atoms with Gasteiger partial charge >= 0.3 is 0 Å². The van der Waals surface area contributed by atoms with Crippen LogP contribution in [0.15, 0.2) is 80.6 Å². The lowest BCUT2D eigenvalue weighted by Crippen LogP contribution is -2.15. The first-order valence-corrected chi connectivity index (χ1v) is 8.27. The first-order chi connectivity index (χ1) is 12.1. The highest BCUT2D eigenvalue weighted by Gasteiger charge is 2.12. The zero-order valence-electron chi connectivity index (χ0n) is 13.1. The zero-order valence-corrected chi connectivity index (χ0v) is 14.7. The number of halogens is 1. The SMILES string of the molecule is O=C(Nc1ccc(Br)cc1)c1cc(=O)c(OCc2ccccc2)co1. The van der Waals surface area contributed by atoms with E-state index in [0.717, 1.165) is 22.4 Å². The molecule has 0 bridgehead atoms. The minimum absolute atomic E-state index is 0.0593. The van der Waals surface area contributed by atoms with Gasteiger partial charge < -0.3 is 14.5 Å². The predicted molar refractivity (Wildman–Crippen MR) is 97.8 cm³/mol. The largest absolute Gasteiger partial charge is 0.482 e. The lowest BCUT2D eigenvalue weighted by Gasteiger charge is -2.07. The standard InChI is InChI=1S/C19H14BrNO4/c20-14-6-8-15(9-7-14)21-19(23)17-10-16(22)18(12-25-17)24-11-13-4-2-1-3-5-13/h1-10,12H,11H2,(H,21,23). The van der Waals surface area contributed by atoms with Crippen molar-refractivity contribution in [2.45, 2.75) is 6.61 Å². The van der Waals surface area contributed by atoms with Crippen LogP contribution in [0.2, 0.25) is 0 Å². The fourth-order valence-corrected chi connectivity index (χ4v) is 2.35. The maximum absolute atomic E-state index is 12.1. The second-order valence-electron chi connectivity index (χ2n) is 5.21. The van der Waals surface area contributed by atoms with Crippen LogP contribution in [0.1, 0.15) is 16.1 Å². The van der Waals surface area contributed by atoms with Crippen molar-refractivity contribution in [1.29, 1.82) is 0 Å². The van der Waals surface area contributed by atoms with E-state index in [1.165, 1.54) is 0 Å². The summed E-state index contributed by atoms with van der Waals surface area (Å²) >= 11 is 3.32. The highest BCUT2D eigenvalue weighted by Crippen LogP contribution is 2.15. The van der Waals surface area contributed by atoms with Gasteiger partial charge in [0.15, 0.2) is 5.76 Å². The third kappa shape index (κ3) is 4.58. The predicted octanol–water partition coefficient (Wildman–Crippen LogP) is 4.23. The quantitative estimate of drug-likeness (QED) is 0.696. The fraction of sp³-hybridized carbons (Fsp3) is 0.0526. The van der Waals surface area contributed by atoms with Crippen LogP contribution in [0.25, 0.3) is 0 Å². The number of ether oxygens (including phenoxy) is 1. The van der Waals surface area contributed by atoms with Gasteiger partial charge in [0, 0.05) is 16.2 Å². The molecule has 1 N–H and O–H groups in total. The zero-order chi connectivity index (χ0) is 17.6. The molecule has 0 atom stereocenters. The number of amides is 1. The molecule has 0 spiro atoms. The summed E-state index contributed by atoms with van der Waals surface area (Å²) in [5.41, 5.74) is 1.11. The van der Waals surface area contributed by atoms with Gasteiger partial charge in [-0.1, -0.05) is 46.3 Å². The van der Waals surface area contributed by atoms with E-state index >= 15 is 0 Å². The van der Waals surface area contributed by atoms with Gasteiger partial charge in [0.05, 0.1) is 0 Å². The number of anilines is 1. The first kappa shape index (κ1) is 17.0. The molecule has 1 heterocycles. The lowest BCUT2D eigenvalue weighted by atomic mass is 10.2. The Bertz CT molecular complexity index is 920. The van der Waals surface area contributed by atoms with E-state index in [-0.39, 0.29) is 18.1 Å². The Morgan fingerprint density at radius 3 is 2.48 bits per heavy atom. The topological polar surface area (TPSA) is 68.5 Å². The van der Waals surface area contributed by atoms with Gasteiger partial charge in [0.1, 0.15) is 12.9 Å². The van der Waals surface area contributed by atoms with Crippen LogP contribution in [-0.2, 0) is 6.61 Å². The van der Waals surface area contributed by atoms with Crippen LogP contribution in [0.4, 0.5) is 5.69 Å². The third-order valence-electron chi connectivity index (χ3n) is 3.36.